The third-order valence-electron chi connectivity index (χ3n) is 2.61. The minimum Gasteiger partial charge on any atom is -0.464 e. The number of benzene rings is 2. The molecule has 0 fully saturated rings. The quantitative estimate of drug-likeness (QED) is 0.800. The molecule has 0 bridgehead atoms. The number of ether oxygens (including phenoxy) is 1. The van der Waals surface area contributed by atoms with E-state index < -0.39 is 0 Å². The van der Waals surface area contributed by atoms with Crippen LogP contribution < -0.4 is 10.1 Å². The molecule has 2 aromatic carbocycles. The van der Waals surface area contributed by atoms with Gasteiger partial charge in [-0.1, -0.05) is 44.0 Å². The second-order valence-electron chi connectivity index (χ2n) is 3.84. The molecule has 0 radical (unpaired) electrons. The van der Waals surface area contributed by atoms with Crippen molar-refractivity contribution < 1.29 is 4.74 Å². The van der Waals surface area contributed by atoms with Gasteiger partial charge in [0.25, 0.3) is 0 Å². The fourth-order valence-electron chi connectivity index (χ4n) is 1.86. The Morgan fingerprint density at radius 3 is 2.41 bits per heavy atom. The molecule has 1 atom stereocenters. The van der Waals surface area contributed by atoms with E-state index in [1.54, 1.807) is 0 Å². The molecule has 0 amide bonds. The van der Waals surface area contributed by atoms with E-state index in [0.29, 0.717) is 0 Å². The van der Waals surface area contributed by atoms with E-state index in [0.717, 1.165) is 25.9 Å². The maximum atomic E-state index is 5.85. The van der Waals surface area contributed by atoms with Crippen LogP contribution in [0.5, 0.6) is 5.75 Å². The van der Waals surface area contributed by atoms with Crippen molar-refractivity contribution in [1.82, 2.24) is 0 Å². The number of anilines is 1. The van der Waals surface area contributed by atoms with Crippen molar-refractivity contribution in [3.05, 3.63) is 57.0 Å². The van der Waals surface area contributed by atoms with Crippen LogP contribution in [0.3, 0.4) is 0 Å². The number of hydrogen-bond acceptors (Lipinski definition) is 2. The van der Waals surface area contributed by atoms with Crippen LogP contribution >= 0.6 is 31.9 Å². The maximum absolute atomic E-state index is 5.85. The molecule has 1 heterocycles. The first-order chi connectivity index (χ1) is 8.22. The van der Waals surface area contributed by atoms with Crippen LogP contribution in [0.15, 0.2) is 51.4 Å². The molecule has 2 aromatic rings. The van der Waals surface area contributed by atoms with Crippen molar-refractivity contribution in [2.45, 2.75) is 6.23 Å². The number of nitrogens with one attached hydrogen (secondary N) is 1. The highest BCUT2D eigenvalue weighted by molar-refractivity contribution is 9.11. The van der Waals surface area contributed by atoms with E-state index in [1.165, 1.54) is 0 Å². The Labute approximate surface area is 116 Å². The highest BCUT2D eigenvalue weighted by Crippen LogP contribution is 2.38. The van der Waals surface area contributed by atoms with Crippen LogP contribution in [0.25, 0.3) is 0 Å². The van der Waals surface area contributed by atoms with Crippen molar-refractivity contribution in [1.29, 1.82) is 0 Å². The summed E-state index contributed by atoms with van der Waals surface area (Å²) in [5, 5.41) is 3.34. The topological polar surface area (TPSA) is 21.3 Å². The summed E-state index contributed by atoms with van der Waals surface area (Å²) in [6, 6.07) is 14.1. The van der Waals surface area contributed by atoms with Gasteiger partial charge in [-0.15, -0.1) is 0 Å². The number of hydrogen-bond donors (Lipinski definition) is 1. The first kappa shape index (κ1) is 11.1. The molecule has 1 unspecified atom stereocenters. The molecule has 86 valence electrons. The predicted octanol–water partition coefficient (Wildman–Crippen LogP) is 4.71. The standard InChI is InChI=1S/C13H9Br2NO/c14-9-5-8(6-10(15)7-9)13-16-11-3-1-2-4-12(11)17-13/h1-7,13,16H. The molecule has 17 heavy (non-hydrogen) atoms. The van der Waals surface area contributed by atoms with Crippen molar-refractivity contribution >= 4 is 37.5 Å². The van der Waals surface area contributed by atoms with Crippen LogP contribution in [0.4, 0.5) is 5.69 Å². The van der Waals surface area contributed by atoms with Gasteiger partial charge in [-0.2, -0.15) is 0 Å². The summed E-state index contributed by atoms with van der Waals surface area (Å²) in [6.07, 6.45) is -0.124. The zero-order valence-corrected chi connectivity index (χ0v) is 12.0. The number of fused-ring (bicyclic) bond motifs is 1. The van der Waals surface area contributed by atoms with E-state index in [2.05, 4.69) is 37.2 Å². The molecule has 0 aromatic heterocycles. The minimum absolute atomic E-state index is 0.124. The summed E-state index contributed by atoms with van der Waals surface area (Å²) in [5.74, 6) is 0.897. The van der Waals surface area contributed by atoms with Crippen molar-refractivity contribution in [3.63, 3.8) is 0 Å². The summed E-state index contributed by atoms with van der Waals surface area (Å²) in [6.45, 7) is 0. The Balaban J connectivity index is 1.93. The molecule has 0 saturated carbocycles. The second kappa shape index (κ2) is 4.35. The third kappa shape index (κ3) is 2.19. The number of rotatable bonds is 1. The van der Waals surface area contributed by atoms with E-state index in [-0.39, 0.29) is 6.23 Å². The third-order valence-corrected chi connectivity index (χ3v) is 3.52. The van der Waals surface area contributed by atoms with Crippen LogP contribution in [0.1, 0.15) is 11.8 Å². The van der Waals surface area contributed by atoms with Crippen LogP contribution in [0.2, 0.25) is 0 Å². The summed E-state index contributed by atoms with van der Waals surface area (Å²) < 4.78 is 7.91. The highest BCUT2D eigenvalue weighted by Gasteiger charge is 2.23. The van der Waals surface area contributed by atoms with Gasteiger partial charge in [0.05, 0.1) is 5.69 Å². The van der Waals surface area contributed by atoms with Crippen molar-refractivity contribution in [2.75, 3.05) is 5.32 Å². The summed E-state index contributed by atoms with van der Waals surface area (Å²) in [4.78, 5) is 0. The largest absolute Gasteiger partial charge is 0.464 e. The Hall–Kier alpha value is -1.00. The zero-order chi connectivity index (χ0) is 11.8. The van der Waals surface area contributed by atoms with E-state index >= 15 is 0 Å². The minimum atomic E-state index is -0.124. The van der Waals surface area contributed by atoms with Gasteiger partial charge in [-0.05, 0) is 30.3 Å². The van der Waals surface area contributed by atoms with Crippen LogP contribution in [-0.2, 0) is 0 Å². The lowest BCUT2D eigenvalue weighted by molar-refractivity contribution is 0.259. The average Bonchev–Trinajstić information content (AvgIpc) is 2.71. The zero-order valence-electron chi connectivity index (χ0n) is 8.78. The van der Waals surface area contributed by atoms with Gasteiger partial charge in [0.15, 0.2) is 6.23 Å². The monoisotopic (exact) mass is 353 g/mol. The molecule has 1 aliphatic heterocycles. The SMILES string of the molecule is Brc1cc(Br)cc(C2Nc3ccccc3O2)c1. The van der Waals surface area contributed by atoms with Crippen molar-refractivity contribution in [2.24, 2.45) is 0 Å². The lowest BCUT2D eigenvalue weighted by atomic mass is 10.2. The average molecular weight is 355 g/mol. The summed E-state index contributed by atoms with van der Waals surface area (Å²) in [7, 11) is 0. The molecule has 0 saturated heterocycles. The van der Waals surface area contributed by atoms with E-state index in [4.69, 9.17) is 4.74 Å². The summed E-state index contributed by atoms with van der Waals surface area (Å²) >= 11 is 6.96. The Morgan fingerprint density at radius 1 is 1.00 bits per heavy atom. The van der Waals surface area contributed by atoms with Gasteiger partial charge >= 0.3 is 0 Å². The van der Waals surface area contributed by atoms with E-state index in [9.17, 15) is 0 Å². The normalized spacial score (nSPS) is 17.2. The fourth-order valence-corrected chi connectivity index (χ4v) is 3.19. The van der Waals surface area contributed by atoms with Gasteiger partial charge < -0.3 is 10.1 Å². The molecular formula is C13H9Br2NO. The molecule has 2 nitrogen and oxygen atoms in total. The second-order valence-corrected chi connectivity index (χ2v) is 5.67. The first-order valence-corrected chi connectivity index (χ1v) is 6.79. The lowest BCUT2D eigenvalue weighted by Gasteiger charge is -2.12. The van der Waals surface area contributed by atoms with Crippen molar-refractivity contribution in [3.8, 4) is 5.75 Å². The molecule has 1 aliphatic rings. The highest BCUT2D eigenvalue weighted by atomic mass is 79.9. The molecule has 3 rings (SSSR count). The summed E-state index contributed by atoms with van der Waals surface area (Å²) in [5.41, 5.74) is 2.12. The Morgan fingerprint density at radius 2 is 1.71 bits per heavy atom. The van der Waals surface area contributed by atoms with Crippen LogP contribution in [0, 0.1) is 0 Å². The molecule has 0 spiro atoms. The van der Waals surface area contributed by atoms with Gasteiger partial charge in [0.2, 0.25) is 0 Å². The Bertz CT molecular complexity index is 526. The fraction of sp³-hybridized carbons (Fsp3) is 0.0769. The van der Waals surface area contributed by atoms with Gasteiger partial charge in [0.1, 0.15) is 5.75 Å². The maximum Gasteiger partial charge on any atom is 0.196 e. The Kier molecular flexibility index (Phi) is 2.84. The first-order valence-electron chi connectivity index (χ1n) is 5.20. The number of halogens is 2. The number of para-hydroxylation sites is 2. The lowest BCUT2D eigenvalue weighted by Crippen LogP contribution is -2.10. The molecule has 4 heteroatoms. The van der Waals surface area contributed by atoms with E-state index in [1.807, 2.05) is 42.5 Å². The smallest absolute Gasteiger partial charge is 0.196 e. The molecular weight excluding hydrogens is 346 g/mol. The van der Waals surface area contributed by atoms with Gasteiger partial charge in [0, 0.05) is 14.5 Å². The molecule has 1 N–H and O–H groups in total. The predicted molar refractivity (Wildman–Crippen MR) is 75.3 cm³/mol. The molecule has 0 aliphatic carbocycles. The van der Waals surface area contributed by atoms with Gasteiger partial charge in [-0.3, -0.25) is 0 Å². The van der Waals surface area contributed by atoms with Gasteiger partial charge in [-0.25, -0.2) is 0 Å². The van der Waals surface area contributed by atoms with Crippen LogP contribution in [-0.4, -0.2) is 0 Å².